The highest BCUT2D eigenvalue weighted by Gasteiger charge is 2.21. The van der Waals surface area contributed by atoms with Crippen molar-refractivity contribution < 1.29 is 0 Å². The van der Waals surface area contributed by atoms with E-state index in [0.29, 0.717) is 0 Å². The lowest BCUT2D eigenvalue weighted by Gasteiger charge is -2.31. The van der Waals surface area contributed by atoms with Gasteiger partial charge in [0.15, 0.2) is 0 Å². The van der Waals surface area contributed by atoms with Gasteiger partial charge < -0.3 is 9.80 Å². The molecule has 0 aliphatic carbocycles. The zero-order valence-electron chi connectivity index (χ0n) is 27.5. The molecule has 0 N–H and O–H groups in total. The molecule has 0 atom stereocenters. The van der Waals surface area contributed by atoms with Crippen LogP contribution in [0.4, 0.5) is 34.1 Å². The molecule has 0 bridgehead atoms. The van der Waals surface area contributed by atoms with Crippen molar-refractivity contribution in [2.24, 2.45) is 0 Å². The van der Waals surface area contributed by atoms with Crippen molar-refractivity contribution in [3.05, 3.63) is 206 Å². The summed E-state index contributed by atoms with van der Waals surface area (Å²) in [6.45, 7) is 0. The van der Waals surface area contributed by atoms with Gasteiger partial charge in [-0.15, -0.1) is 0 Å². The number of hydrogen-bond acceptors (Lipinski definition) is 2. The number of fused-ring (bicyclic) bond motifs is 3. The zero-order chi connectivity index (χ0) is 33.3. The summed E-state index contributed by atoms with van der Waals surface area (Å²) in [4.78, 5) is 4.78. The summed E-state index contributed by atoms with van der Waals surface area (Å²) in [7, 11) is 0. The highest BCUT2D eigenvalue weighted by molar-refractivity contribution is 6.00. The first kappa shape index (κ1) is 29.5. The molecule has 0 spiro atoms. The van der Waals surface area contributed by atoms with Gasteiger partial charge in [-0.05, 0) is 105 Å². The van der Waals surface area contributed by atoms with Crippen molar-refractivity contribution >= 4 is 66.4 Å². The fraction of sp³-hybridized carbons (Fsp3) is 0. The minimum atomic E-state index is 1.08. The summed E-state index contributed by atoms with van der Waals surface area (Å²) in [5.74, 6) is 0. The van der Waals surface area contributed by atoms with Crippen LogP contribution < -0.4 is 9.80 Å². The van der Waals surface area contributed by atoms with E-state index in [9.17, 15) is 0 Å². The van der Waals surface area contributed by atoms with E-state index >= 15 is 0 Å². The number of para-hydroxylation sites is 1. The van der Waals surface area contributed by atoms with Gasteiger partial charge in [0.25, 0.3) is 0 Å². The van der Waals surface area contributed by atoms with E-state index < -0.39 is 0 Å². The molecule has 50 heavy (non-hydrogen) atoms. The molecule has 9 aromatic rings. The van der Waals surface area contributed by atoms with Gasteiger partial charge in [0, 0.05) is 34.0 Å². The van der Waals surface area contributed by atoms with E-state index in [1.54, 1.807) is 0 Å². The van der Waals surface area contributed by atoms with Crippen LogP contribution in [-0.4, -0.2) is 0 Å². The molecule has 236 valence electrons. The maximum Gasteiger partial charge on any atom is 0.0546 e. The largest absolute Gasteiger partial charge is 0.310 e. The molecule has 9 rings (SSSR count). The normalized spacial score (nSPS) is 11.2. The number of nitrogens with zero attached hydrogens (tertiary/aromatic N) is 2. The number of hydrogen-bond donors (Lipinski definition) is 0. The second-order valence-corrected chi connectivity index (χ2v) is 12.7. The van der Waals surface area contributed by atoms with E-state index in [-0.39, 0.29) is 0 Å². The Kier molecular flexibility index (Phi) is 7.53. The van der Waals surface area contributed by atoms with Gasteiger partial charge in [-0.25, -0.2) is 0 Å². The maximum absolute atomic E-state index is 2.42. The van der Waals surface area contributed by atoms with E-state index in [2.05, 4.69) is 216 Å². The summed E-state index contributed by atoms with van der Waals surface area (Å²) in [6.07, 6.45) is 0. The predicted molar refractivity (Wildman–Crippen MR) is 214 cm³/mol. The Morgan fingerprint density at radius 3 is 1.26 bits per heavy atom. The third-order valence-electron chi connectivity index (χ3n) is 9.53. The van der Waals surface area contributed by atoms with E-state index in [4.69, 9.17) is 0 Å². The molecule has 0 unspecified atom stereocenters. The minimum Gasteiger partial charge on any atom is -0.310 e. The molecule has 0 radical (unpaired) electrons. The molecule has 2 nitrogen and oxygen atoms in total. The SMILES string of the molecule is c1ccc(-c2cc3ccccc3cc2N(c2cccc(N(c3ccccc3)c3ccc4ccccc4c3)c2)c2ccc3ccccc3c2)cc1. The minimum absolute atomic E-state index is 1.08. The molecule has 0 amide bonds. The fourth-order valence-electron chi connectivity index (χ4n) is 7.12. The Labute approximate surface area is 292 Å². The first-order valence-corrected chi connectivity index (χ1v) is 17.1. The molecular formula is C48H34N2. The lowest BCUT2D eigenvalue weighted by molar-refractivity contribution is 1.26. The third kappa shape index (κ3) is 5.53. The van der Waals surface area contributed by atoms with Gasteiger partial charge >= 0.3 is 0 Å². The van der Waals surface area contributed by atoms with Crippen LogP contribution >= 0.6 is 0 Å². The number of anilines is 6. The molecule has 0 saturated carbocycles. The average molecular weight is 639 g/mol. The maximum atomic E-state index is 2.42. The van der Waals surface area contributed by atoms with Gasteiger partial charge in [0.2, 0.25) is 0 Å². The molecule has 9 aromatic carbocycles. The Morgan fingerprint density at radius 2 is 0.660 bits per heavy atom. The van der Waals surface area contributed by atoms with Crippen molar-refractivity contribution in [3.63, 3.8) is 0 Å². The third-order valence-corrected chi connectivity index (χ3v) is 9.53. The Balaban J connectivity index is 1.29. The van der Waals surface area contributed by atoms with Crippen LogP contribution in [0.3, 0.4) is 0 Å². The molecule has 0 saturated heterocycles. The topological polar surface area (TPSA) is 6.48 Å². The standard InChI is InChI=1S/C48H34N2/c1-3-16-37(17-4-1)47-32-40-20-11-12-21-41(40)33-48(47)50(46-29-27-36-15-8-10-19-39(36)31-46)44-25-13-24-43(34-44)49(42-22-5-2-6-23-42)45-28-26-35-14-7-9-18-38(35)30-45/h1-34H. The highest BCUT2D eigenvalue weighted by atomic mass is 15.2. The van der Waals surface area contributed by atoms with Crippen molar-refractivity contribution in [3.8, 4) is 11.1 Å². The lowest BCUT2D eigenvalue weighted by atomic mass is 9.97. The summed E-state index contributed by atoms with van der Waals surface area (Å²) < 4.78 is 0. The Bertz CT molecular complexity index is 2610. The predicted octanol–water partition coefficient (Wildman–Crippen LogP) is 13.8. The summed E-state index contributed by atoms with van der Waals surface area (Å²) in [5.41, 5.74) is 8.95. The first-order chi connectivity index (χ1) is 24.8. The highest BCUT2D eigenvalue weighted by Crippen LogP contribution is 2.45. The molecule has 0 aliphatic rings. The molecule has 0 aliphatic heterocycles. The molecule has 0 heterocycles. The molecule has 2 heteroatoms. The van der Waals surface area contributed by atoms with Crippen LogP contribution in [0, 0.1) is 0 Å². The average Bonchev–Trinajstić information content (AvgIpc) is 3.19. The van der Waals surface area contributed by atoms with E-state index in [0.717, 1.165) is 34.1 Å². The molecule has 0 fully saturated rings. The Hall–Kier alpha value is -6.64. The smallest absolute Gasteiger partial charge is 0.0546 e. The summed E-state index contributed by atoms with van der Waals surface area (Å²) >= 11 is 0. The van der Waals surface area contributed by atoms with Gasteiger partial charge in [0.1, 0.15) is 0 Å². The van der Waals surface area contributed by atoms with Crippen molar-refractivity contribution in [2.75, 3.05) is 9.80 Å². The van der Waals surface area contributed by atoms with Crippen LogP contribution in [0.5, 0.6) is 0 Å². The van der Waals surface area contributed by atoms with Gasteiger partial charge in [-0.3, -0.25) is 0 Å². The fourth-order valence-corrected chi connectivity index (χ4v) is 7.12. The lowest BCUT2D eigenvalue weighted by Crippen LogP contribution is -2.14. The van der Waals surface area contributed by atoms with Crippen molar-refractivity contribution in [1.29, 1.82) is 0 Å². The van der Waals surface area contributed by atoms with Crippen molar-refractivity contribution in [1.82, 2.24) is 0 Å². The number of rotatable bonds is 7. The van der Waals surface area contributed by atoms with Crippen LogP contribution in [-0.2, 0) is 0 Å². The van der Waals surface area contributed by atoms with Gasteiger partial charge in [0.05, 0.1) is 5.69 Å². The van der Waals surface area contributed by atoms with Gasteiger partial charge in [-0.1, -0.05) is 140 Å². The summed E-state index contributed by atoms with van der Waals surface area (Å²) in [5, 5.41) is 7.28. The van der Waals surface area contributed by atoms with E-state index in [1.807, 2.05) is 0 Å². The molecular weight excluding hydrogens is 605 g/mol. The van der Waals surface area contributed by atoms with Crippen LogP contribution in [0.1, 0.15) is 0 Å². The summed E-state index contributed by atoms with van der Waals surface area (Å²) in [6, 6.07) is 74.3. The zero-order valence-corrected chi connectivity index (χ0v) is 27.5. The van der Waals surface area contributed by atoms with Gasteiger partial charge in [-0.2, -0.15) is 0 Å². The van der Waals surface area contributed by atoms with Crippen molar-refractivity contribution in [2.45, 2.75) is 0 Å². The number of benzene rings is 9. The van der Waals surface area contributed by atoms with Crippen LogP contribution in [0.25, 0.3) is 43.4 Å². The second-order valence-electron chi connectivity index (χ2n) is 12.7. The monoisotopic (exact) mass is 638 g/mol. The van der Waals surface area contributed by atoms with Crippen LogP contribution in [0.2, 0.25) is 0 Å². The van der Waals surface area contributed by atoms with E-state index in [1.165, 1.54) is 43.4 Å². The first-order valence-electron chi connectivity index (χ1n) is 17.1. The Morgan fingerprint density at radius 1 is 0.240 bits per heavy atom. The second kappa shape index (κ2) is 12.8. The van der Waals surface area contributed by atoms with Crippen LogP contribution in [0.15, 0.2) is 206 Å². The molecule has 0 aromatic heterocycles. The quantitative estimate of drug-likeness (QED) is 0.171.